The van der Waals surface area contributed by atoms with Gasteiger partial charge in [-0.05, 0) is 80.5 Å². The predicted octanol–water partition coefficient (Wildman–Crippen LogP) is 0.463. The van der Waals surface area contributed by atoms with Gasteiger partial charge >= 0.3 is 0 Å². The van der Waals surface area contributed by atoms with Gasteiger partial charge in [-0.25, -0.2) is 0 Å². The van der Waals surface area contributed by atoms with E-state index >= 15 is 0 Å². The van der Waals surface area contributed by atoms with E-state index in [2.05, 4.69) is 33.8 Å². The van der Waals surface area contributed by atoms with Gasteiger partial charge in [-0.3, -0.25) is 0 Å². The molecular formula is C43H68O16. The van der Waals surface area contributed by atoms with Crippen molar-refractivity contribution in [3.05, 3.63) is 11.6 Å². The van der Waals surface area contributed by atoms with E-state index in [-0.39, 0.29) is 36.6 Å². The van der Waals surface area contributed by atoms with Gasteiger partial charge in [0.2, 0.25) is 0 Å². The van der Waals surface area contributed by atoms with Crippen LogP contribution in [0.1, 0.15) is 86.0 Å². The average Bonchev–Trinajstić information content (AvgIpc) is 3.65. The number of hydrogen-bond acceptors (Lipinski definition) is 16. The molecule has 25 atom stereocenters. The van der Waals surface area contributed by atoms with E-state index in [0.717, 1.165) is 50.7 Å². The molecule has 5 heterocycles. The van der Waals surface area contributed by atoms with Gasteiger partial charge in [0.25, 0.3) is 0 Å². The molecule has 16 heteroatoms. The second-order valence-electron chi connectivity index (χ2n) is 20.3. The van der Waals surface area contributed by atoms with E-state index in [4.69, 9.17) is 37.9 Å². The minimum Gasteiger partial charge on any atom is -0.393 e. The Hall–Kier alpha value is -0.900. The number of aliphatic hydroxyl groups excluding tert-OH is 8. The number of ether oxygens (including phenoxy) is 8. The van der Waals surface area contributed by atoms with E-state index in [0.29, 0.717) is 36.5 Å². The number of rotatable bonds is 6. The lowest BCUT2D eigenvalue weighted by Gasteiger charge is -2.60. The largest absolute Gasteiger partial charge is 0.393 e. The standard InChI is InChI=1S/C43H68O16/c1-18-8-11-43(54-15-18)19(2)30-28(59-43)14-25-23-7-6-21-12-22(44)13-29(42(21,5)24(23)9-10-41(25,30)4)56-40-37(58-39-35(51)33(49)31(47)20(3)55-39)36(27(46)17-53-40)57-38-34(50)32(48)26(45)16-52-38/h6,18-20,22-40,44-51H,7-17H2,1-5H3/t18-,19-,20-,22+,23+,24-,25-,26+,27-,28?,29+,30?,31-,32-,33+,34+,35+,36-,37+,38-,39-,40-,41-,42-,43+/m0/s1. The molecule has 5 saturated heterocycles. The Balaban J connectivity index is 0.993. The first-order valence-corrected chi connectivity index (χ1v) is 22.3. The van der Waals surface area contributed by atoms with Crippen LogP contribution in [0.4, 0.5) is 0 Å². The predicted molar refractivity (Wildman–Crippen MR) is 204 cm³/mol. The molecule has 9 rings (SSSR count). The monoisotopic (exact) mass is 840 g/mol. The molecular weight excluding hydrogens is 772 g/mol. The lowest BCUT2D eigenvalue weighted by Crippen LogP contribution is -2.65. The Morgan fingerprint density at radius 2 is 1.41 bits per heavy atom. The van der Waals surface area contributed by atoms with Gasteiger partial charge in [0.05, 0.1) is 44.2 Å². The van der Waals surface area contributed by atoms with Crippen molar-refractivity contribution in [2.75, 3.05) is 19.8 Å². The number of aliphatic hydroxyl groups is 8. The maximum absolute atomic E-state index is 11.4. The van der Waals surface area contributed by atoms with E-state index in [1.165, 1.54) is 6.92 Å². The molecule has 8 fully saturated rings. The quantitative estimate of drug-likeness (QED) is 0.170. The maximum atomic E-state index is 11.4. The summed E-state index contributed by atoms with van der Waals surface area (Å²) in [7, 11) is 0. The van der Waals surface area contributed by atoms with Crippen LogP contribution in [-0.4, -0.2) is 165 Å². The Labute approximate surface area is 346 Å². The SMILES string of the molecule is C[C@H]1CC[C@@]2(OC1)OC1C[C@H]3[C@@H]4CC=C5C[C@@H](O)C[C@@H](O[C@@H]6OC[C@H](O)[C@H](O[C@@H]7OC[C@@H](O)[C@H](O)[C@H]7O)[C@H]6O[C@@H]6O[C@@H](C)[C@H](O)[C@@H](O)[C@H]6O)[C@]5(C)[C@H]4CC[C@]3(C)C1[C@@H]2C. The summed E-state index contributed by atoms with van der Waals surface area (Å²) in [6, 6.07) is 0. The molecule has 0 radical (unpaired) electrons. The van der Waals surface area contributed by atoms with Crippen LogP contribution in [0.3, 0.4) is 0 Å². The Bertz CT molecular complexity index is 1540. The van der Waals surface area contributed by atoms with Crippen LogP contribution in [0, 0.1) is 46.3 Å². The van der Waals surface area contributed by atoms with Crippen molar-refractivity contribution >= 4 is 0 Å². The molecule has 336 valence electrons. The zero-order valence-corrected chi connectivity index (χ0v) is 34.9. The van der Waals surface area contributed by atoms with Gasteiger partial charge in [-0.1, -0.05) is 39.3 Å². The highest BCUT2D eigenvalue weighted by molar-refractivity contribution is 5.29. The Morgan fingerprint density at radius 1 is 0.695 bits per heavy atom. The van der Waals surface area contributed by atoms with Gasteiger partial charge in [-0.15, -0.1) is 0 Å². The zero-order valence-electron chi connectivity index (χ0n) is 34.9. The molecule has 59 heavy (non-hydrogen) atoms. The van der Waals surface area contributed by atoms with Gasteiger partial charge in [0, 0.05) is 24.2 Å². The molecule has 0 aromatic heterocycles. The van der Waals surface area contributed by atoms with E-state index < -0.39 is 103 Å². The van der Waals surface area contributed by atoms with Crippen LogP contribution in [0.25, 0.3) is 0 Å². The van der Waals surface area contributed by atoms with Crippen LogP contribution in [-0.2, 0) is 37.9 Å². The van der Waals surface area contributed by atoms with E-state index in [1.54, 1.807) is 0 Å². The van der Waals surface area contributed by atoms with Crippen LogP contribution in [0.5, 0.6) is 0 Å². The van der Waals surface area contributed by atoms with Crippen molar-refractivity contribution in [3.8, 4) is 0 Å². The maximum Gasteiger partial charge on any atom is 0.187 e. The normalized spacial score (nSPS) is 58.7. The summed E-state index contributed by atoms with van der Waals surface area (Å²) in [5.74, 6) is 1.70. The molecule has 0 amide bonds. The summed E-state index contributed by atoms with van der Waals surface area (Å²) in [6.45, 7) is 10.9. The highest BCUT2D eigenvalue weighted by Crippen LogP contribution is 2.71. The first kappa shape index (κ1) is 43.4. The Morgan fingerprint density at radius 3 is 2.15 bits per heavy atom. The minimum atomic E-state index is -1.71. The molecule has 2 unspecified atom stereocenters. The zero-order chi connectivity index (χ0) is 41.9. The third-order valence-electron chi connectivity index (χ3n) is 17.0. The van der Waals surface area contributed by atoms with Crippen molar-refractivity contribution in [1.29, 1.82) is 0 Å². The van der Waals surface area contributed by atoms with E-state index in [9.17, 15) is 40.9 Å². The van der Waals surface area contributed by atoms with Crippen molar-refractivity contribution < 1.29 is 78.7 Å². The average molecular weight is 841 g/mol. The van der Waals surface area contributed by atoms with Crippen molar-refractivity contribution in [2.45, 2.75) is 190 Å². The number of hydrogen-bond donors (Lipinski definition) is 8. The van der Waals surface area contributed by atoms with Crippen LogP contribution in [0.2, 0.25) is 0 Å². The molecule has 0 bridgehead atoms. The summed E-state index contributed by atoms with van der Waals surface area (Å²) in [5.41, 5.74) is 0.698. The lowest BCUT2D eigenvalue weighted by molar-refractivity contribution is -0.382. The lowest BCUT2D eigenvalue weighted by atomic mass is 9.46. The molecule has 0 aromatic carbocycles. The molecule has 16 nitrogen and oxygen atoms in total. The summed E-state index contributed by atoms with van der Waals surface area (Å²) >= 11 is 0. The minimum absolute atomic E-state index is 0.0744. The molecule has 4 aliphatic carbocycles. The fourth-order valence-electron chi connectivity index (χ4n) is 13.6. The first-order valence-electron chi connectivity index (χ1n) is 22.3. The van der Waals surface area contributed by atoms with Crippen LogP contribution >= 0.6 is 0 Å². The highest BCUT2D eigenvalue weighted by atomic mass is 16.8. The van der Waals surface area contributed by atoms with E-state index in [1.807, 2.05) is 0 Å². The third kappa shape index (κ3) is 7.02. The van der Waals surface area contributed by atoms with Crippen molar-refractivity contribution in [2.24, 2.45) is 46.3 Å². The van der Waals surface area contributed by atoms with Gasteiger partial charge in [-0.2, -0.15) is 0 Å². The molecule has 9 aliphatic rings. The van der Waals surface area contributed by atoms with Gasteiger partial charge < -0.3 is 78.7 Å². The highest BCUT2D eigenvalue weighted by Gasteiger charge is 2.69. The van der Waals surface area contributed by atoms with Gasteiger partial charge in [0.1, 0.15) is 54.9 Å². The molecule has 5 aliphatic heterocycles. The second-order valence-corrected chi connectivity index (χ2v) is 20.3. The summed E-state index contributed by atoms with van der Waals surface area (Å²) in [5, 5.41) is 86.2. The Kier molecular flexibility index (Phi) is 11.7. The molecule has 1 spiro atoms. The van der Waals surface area contributed by atoms with Gasteiger partial charge in [0.15, 0.2) is 24.7 Å². The molecule has 0 aromatic rings. The summed E-state index contributed by atoms with van der Waals surface area (Å²) in [4.78, 5) is 0. The number of fused-ring (bicyclic) bond motifs is 7. The summed E-state index contributed by atoms with van der Waals surface area (Å²) in [6.07, 6.45) is -10.9. The summed E-state index contributed by atoms with van der Waals surface area (Å²) < 4.78 is 50.6. The fourth-order valence-corrected chi connectivity index (χ4v) is 13.6. The fraction of sp³-hybridized carbons (Fsp3) is 0.953. The third-order valence-corrected chi connectivity index (χ3v) is 17.0. The smallest absolute Gasteiger partial charge is 0.187 e. The van der Waals surface area contributed by atoms with Crippen LogP contribution in [0.15, 0.2) is 11.6 Å². The van der Waals surface area contributed by atoms with Crippen molar-refractivity contribution in [3.63, 3.8) is 0 Å². The molecule has 8 N–H and O–H groups in total. The first-order chi connectivity index (χ1) is 28.0. The topological polar surface area (TPSA) is 236 Å². The molecule has 3 saturated carbocycles. The van der Waals surface area contributed by atoms with Crippen LogP contribution < -0.4 is 0 Å². The van der Waals surface area contributed by atoms with Crippen molar-refractivity contribution in [1.82, 2.24) is 0 Å². The second kappa shape index (κ2) is 16.0. The number of allylic oxidation sites excluding steroid dienone is 1.